The molecule has 2 aromatic carbocycles. The fraction of sp³-hybridized carbons (Fsp3) is 0.273. The maximum absolute atomic E-state index is 13.2. The molecule has 1 fully saturated rings. The normalized spacial score (nSPS) is 14.3. The molecule has 0 bridgehead atoms. The zero-order chi connectivity index (χ0) is 19.0. The van der Waals surface area contributed by atoms with Crippen LogP contribution in [0.25, 0.3) is 10.8 Å². The lowest BCUT2D eigenvalue weighted by Crippen LogP contribution is -2.54. The van der Waals surface area contributed by atoms with Crippen LogP contribution in [0, 0.1) is 0 Å². The molecule has 27 heavy (non-hydrogen) atoms. The predicted octanol–water partition coefficient (Wildman–Crippen LogP) is 4.65. The Morgan fingerprint density at radius 1 is 1.11 bits per heavy atom. The van der Waals surface area contributed by atoms with E-state index in [2.05, 4.69) is 65.4 Å². The SMILES string of the molecule is C[Si](C)(CN(C(=O)c1cccnc1Cl)C1CC1)c1cccc2ccccc12. The van der Waals surface area contributed by atoms with Crippen LogP contribution in [0.2, 0.25) is 18.2 Å². The monoisotopic (exact) mass is 394 g/mol. The summed E-state index contributed by atoms with van der Waals surface area (Å²) >= 11 is 6.21. The van der Waals surface area contributed by atoms with Crippen molar-refractivity contribution in [2.24, 2.45) is 0 Å². The van der Waals surface area contributed by atoms with Crippen molar-refractivity contribution in [2.75, 3.05) is 6.17 Å². The van der Waals surface area contributed by atoms with E-state index in [-0.39, 0.29) is 11.1 Å². The summed E-state index contributed by atoms with van der Waals surface area (Å²) in [5, 5.41) is 4.25. The van der Waals surface area contributed by atoms with Crippen LogP contribution in [-0.2, 0) is 0 Å². The minimum Gasteiger partial charge on any atom is -0.338 e. The smallest absolute Gasteiger partial charge is 0.256 e. The first kappa shape index (κ1) is 18.2. The van der Waals surface area contributed by atoms with Crippen molar-refractivity contribution in [1.82, 2.24) is 9.88 Å². The molecule has 0 spiro atoms. The van der Waals surface area contributed by atoms with E-state index in [0.29, 0.717) is 11.6 Å². The lowest BCUT2D eigenvalue weighted by atomic mass is 10.1. The Labute approximate surface area is 166 Å². The number of aromatic nitrogens is 1. The van der Waals surface area contributed by atoms with Crippen molar-refractivity contribution in [1.29, 1.82) is 0 Å². The zero-order valence-corrected chi connectivity index (χ0v) is 17.4. The minimum atomic E-state index is -1.90. The molecule has 4 rings (SSSR count). The molecule has 1 aliphatic carbocycles. The van der Waals surface area contributed by atoms with E-state index in [1.807, 2.05) is 0 Å². The Kier molecular flexibility index (Phi) is 4.78. The molecule has 0 unspecified atom stereocenters. The quantitative estimate of drug-likeness (QED) is 0.466. The van der Waals surface area contributed by atoms with Gasteiger partial charge in [0.25, 0.3) is 5.91 Å². The van der Waals surface area contributed by atoms with Crippen LogP contribution in [0.3, 0.4) is 0 Å². The van der Waals surface area contributed by atoms with E-state index in [4.69, 9.17) is 11.6 Å². The van der Waals surface area contributed by atoms with Crippen molar-refractivity contribution >= 4 is 41.5 Å². The van der Waals surface area contributed by atoms with E-state index in [9.17, 15) is 4.79 Å². The highest BCUT2D eigenvalue weighted by molar-refractivity contribution is 6.91. The number of hydrogen-bond acceptors (Lipinski definition) is 2. The Balaban J connectivity index is 1.69. The van der Waals surface area contributed by atoms with Crippen molar-refractivity contribution in [3.05, 3.63) is 71.5 Å². The maximum atomic E-state index is 13.2. The average Bonchev–Trinajstić information content (AvgIpc) is 3.51. The van der Waals surface area contributed by atoms with Gasteiger partial charge in [0, 0.05) is 18.4 Å². The number of fused-ring (bicyclic) bond motifs is 1. The number of rotatable bonds is 5. The van der Waals surface area contributed by atoms with Crippen molar-refractivity contribution in [3.63, 3.8) is 0 Å². The van der Waals surface area contributed by atoms with Crippen LogP contribution in [0.1, 0.15) is 23.2 Å². The molecule has 0 aliphatic heterocycles. The molecule has 138 valence electrons. The zero-order valence-electron chi connectivity index (χ0n) is 15.7. The van der Waals surface area contributed by atoms with Gasteiger partial charge in [-0.1, -0.05) is 72.3 Å². The van der Waals surface area contributed by atoms with Gasteiger partial charge in [-0.2, -0.15) is 0 Å². The Bertz CT molecular complexity index is 995. The predicted molar refractivity (Wildman–Crippen MR) is 114 cm³/mol. The topological polar surface area (TPSA) is 33.2 Å². The molecule has 1 aromatic heterocycles. The second-order valence-corrected chi connectivity index (χ2v) is 12.9. The Morgan fingerprint density at radius 3 is 2.59 bits per heavy atom. The van der Waals surface area contributed by atoms with Gasteiger partial charge in [-0.25, -0.2) is 4.98 Å². The number of amides is 1. The van der Waals surface area contributed by atoms with Gasteiger partial charge < -0.3 is 4.90 Å². The fourth-order valence-electron chi connectivity index (χ4n) is 3.78. The van der Waals surface area contributed by atoms with Gasteiger partial charge in [0.15, 0.2) is 0 Å². The molecule has 0 saturated heterocycles. The van der Waals surface area contributed by atoms with E-state index in [0.717, 1.165) is 19.0 Å². The van der Waals surface area contributed by atoms with E-state index >= 15 is 0 Å². The minimum absolute atomic E-state index is 0.0106. The lowest BCUT2D eigenvalue weighted by Gasteiger charge is -2.33. The number of carbonyl (C=O) groups is 1. The molecule has 1 heterocycles. The summed E-state index contributed by atoms with van der Waals surface area (Å²) in [5.74, 6) is 0.0106. The molecule has 5 heteroatoms. The standard InChI is InChI=1S/C22H23ClN2OSi/c1-27(2,20-11-5-8-16-7-3-4-9-18(16)20)15-25(17-12-13-17)22(26)19-10-6-14-24-21(19)23/h3-11,14,17H,12-13,15H2,1-2H3. The van der Waals surface area contributed by atoms with Gasteiger partial charge in [0.1, 0.15) is 13.2 Å². The van der Waals surface area contributed by atoms with Gasteiger partial charge in [-0.15, -0.1) is 0 Å². The van der Waals surface area contributed by atoms with Crippen LogP contribution in [-0.4, -0.2) is 36.1 Å². The fourth-order valence-corrected chi connectivity index (χ4v) is 6.91. The maximum Gasteiger partial charge on any atom is 0.256 e. The number of hydrogen-bond donors (Lipinski definition) is 0. The largest absolute Gasteiger partial charge is 0.338 e. The van der Waals surface area contributed by atoms with Crippen molar-refractivity contribution < 1.29 is 4.79 Å². The molecular weight excluding hydrogens is 372 g/mol. The highest BCUT2D eigenvalue weighted by Crippen LogP contribution is 2.31. The van der Waals surface area contributed by atoms with Crippen molar-refractivity contribution in [2.45, 2.75) is 32.0 Å². The molecule has 1 saturated carbocycles. The first-order chi connectivity index (χ1) is 13.0. The average molecular weight is 395 g/mol. The molecule has 0 radical (unpaired) electrons. The van der Waals surface area contributed by atoms with Gasteiger partial charge in [-0.05, 0) is 35.7 Å². The number of benzene rings is 2. The Hall–Kier alpha value is -2.17. The van der Waals surface area contributed by atoms with Gasteiger partial charge in [0.2, 0.25) is 0 Å². The third kappa shape index (κ3) is 3.64. The number of halogens is 1. The number of nitrogens with zero attached hydrogens (tertiary/aromatic N) is 2. The molecule has 0 atom stereocenters. The lowest BCUT2D eigenvalue weighted by molar-refractivity contribution is 0.0769. The van der Waals surface area contributed by atoms with Crippen LogP contribution < -0.4 is 5.19 Å². The molecule has 1 aliphatic rings. The van der Waals surface area contributed by atoms with Gasteiger partial charge >= 0.3 is 0 Å². The first-order valence-corrected chi connectivity index (χ1v) is 13.0. The number of carbonyl (C=O) groups excluding carboxylic acids is 1. The van der Waals surface area contributed by atoms with Gasteiger partial charge in [0.05, 0.1) is 5.56 Å². The molecular formula is C22H23ClN2OSi. The van der Waals surface area contributed by atoms with Crippen LogP contribution in [0.5, 0.6) is 0 Å². The summed E-state index contributed by atoms with van der Waals surface area (Å²) in [6.07, 6.45) is 4.55. The van der Waals surface area contributed by atoms with Crippen molar-refractivity contribution in [3.8, 4) is 0 Å². The Morgan fingerprint density at radius 2 is 1.85 bits per heavy atom. The third-order valence-electron chi connectivity index (χ3n) is 5.32. The second-order valence-electron chi connectivity index (χ2n) is 7.92. The first-order valence-electron chi connectivity index (χ1n) is 9.37. The van der Waals surface area contributed by atoms with Crippen LogP contribution >= 0.6 is 11.6 Å². The van der Waals surface area contributed by atoms with Gasteiger partial charge in [-0.3, -0.25) is 4.79 Å². The summed E-state index contributed by atoms with van der Waals surface area (Å²) in [6.45, 7) is 4.70. The highest BCUT2D eigenvalue weighted by atomic mass is 35.5. The summed E-state index contributed by atoms with van der Waals surface area (Å²) in [5.41, 5.74) is 0.508. The van der Waals surface area contributed by atoms with Crippen LogP contribution in [0.4, 0.5) is 0 Å². The molecule has 0 N–H and O–H groups in total. The highest BCUT2D eigenvalue weighted by Gasteiger charge is 2.39. The molecule has 3 nitrogen and oxygen atoms in total. The second kappa shape index (κ2) is 7.10. The van der Waals surface area contributed by atoms with E-state index < -0.39 is 8.07 Å². The molecule has 3 aromatic rings. The summed E-state index contributed by atoms with van der Waals surface area (Å²) in [6, 6.07) is 18.9. The third-order valence-corrected chi connectivity index (χ3v) is 8.65. The van der Waals surface area contributed by atoms with E-state index in [1.54, 1.807) is 18.3 Å². The van der Waals surface area contributed by atoms with E-state index in [1.165, 1.54) is 16.0 Å². The summed E-state index contributed by atoms with van der Waals surface area (Å²) in [7, 11) is -1.90. The number of pyridine rings is 1. The summed E-state index contributed by atoms with van der Waals surface area (Å²) < 4.78 is 0. The van der Waals surface area contributed by atoms with Crippen LogP contribution in [0.15, 0.2) is 60.8 Å². The molecule has 1 amide bonds. The summed E-state index contributed by atoms with van der Waals surface area (Å²) in [4.78, 5) is 19.4.